The molecule has 2 N–H and O–H groups in total. The van der Waals surface area contributed by atoms with E-state index in [0.29, 0.717) is 48.2 Å². The number of hydrogen-bond donors (Lipinski definition) is 2. The lowest BCUT2D eigenvalue weighted by molar-refractivity contribution is -0.127. The Morgan fingerprint density at radius 2 is 2.06 bits per heavy atom. The molecule has 3 aromatic rings. The highest BCUT2D eigenvalue weighted by atomic mass is 19.1. The number of hydroxylamine groups is 2. The first-order chi connectivity index (χ1) is 17.0. The molecule has 0 radical (unpaired) electrons. The summed E-state index contributed by atoms with van der Waals surface area (Å²) in [5.41, 5.74) is 1.08. The van der Waals surface area contributed by atoms with Gasteiger partial charge in [0.2, 0.25) is 0 Å². The number of nitrogens with zero attached hydrogens (tertiary/aromatic N) is 5. The van der Waals surface area contributed by atoms with Crippen molar-refractivity contribution in [3.63, 3.8) is 0 Å². The second-order valence-corrected chi connectivity index (χ2v) is 8.38. The molecule has 1 aromatic carbocycles. The van der Waals surface area contributed by atoms with E-state index in [4.69, 9.17) is 4.74 Å². The van der Waals surface area contributed by atoms with Crippen molar-refractivity contribution < 1.29 is 19.1 Å². The van der Waals surface area contributed by atoms with Gasteiger partial charge in [0.1, 0.15) is 28.8 Å². The summed E-state index contributed by atoms with van der Waals surface area (Å²) in [7, 11) is 0. The van der Waals surface area contributed by atoms with Crippen LogP contribution in [0.4, 0.5) is 4.39 Å². The summed E-state index contributed by atoms with van der Waals surface area (Å²) in [6.45, 7) is 2.69. The van der Waals surface area contributed by atoms with Crippen LogP contribution in [0, 0.1) is 5.82 Å². The number of ether oxygens (including phenoxy) is 1. The van der Waals surface area contributed by atoms with Gasteiger partial charge in [-0.1, -0.05) is 24.3 Å². The van der Waals surface area contributed by atoms with Gasteiger partial charge >= 0.3 is 0 Å². The fourth-order valence-corrected chi connectivity index (χ4v) is 4.26. The van der Waals surface area contributed by atoms with Crippen LogP contribution < -0.4 is 10.1 Å². The van der Waals surface area contributed by atoms with E-state index in [-0.39, 0.29) is 30.1 Å². The number of para-hydroxylation sites is 1. The van der Waals surface area contributed by atoms with Crippen LogP contribution in [0.2, 0.25) is 0 Å². The summed E-state index contributed by atoms with van der Waals surface area (Å²) >= 11 is 0. The Hall–Kier alpha value is -4.05. The first kappa shape index (κ1) is 22.7. The number of allylic oxidation sites excluding steroid dienone is 2. The summed E-state index contributed by atoms with van der Waals surface area (Å²) in [5.74, 6) is 0.899. The summed E-state index contributed by atoms with van der Waals surface area (Å²) in [6, 6.07) is 9.93. The number of carbonyl (C=O) groups excluding carboxylic acids is 1. The Morgan fingerprint density at radius 3 is 2.77 bits per heavy atom. The van der Waals surface area contributed by atoms with Crippen LogP contribution in [0.1, 0.15) is 31.5 Å². The summed E-state index contributed by atoms with van der Waals surface area (Å²) in [5, 5.41) is 22.5. The monoisotopic (exact) mass is 476 g/mol. The van der Waals surface area contributed by atoms with Gasteiger partial charge in [0.05, 0.1) is 25.0 Å². The van der Waals surface area contributed by atoms with Gasteiger partial charge in [0, 0.05) is 12.0 Å². The van der Waals surface area contributed by atoms with Gasteiger partial charge in [-0.15, -0.1) is 10.2 Å². The Morgan fingerprint density at radius 1 is 1.23 bits per heavy atom. The molecule has 3 heterocycles. The van der Waals surface area contributed by atoms with Crippen LogP contribution in [0.25, 0.3) is 17.2 Å². The van der Waals surface area contributed by atoms with Gasteiger partial charge in [-0.05, 0) is 50.1 Å². The second-order valence-electron chi connectivity index (χ2n) is 8.38. The molecule has 0 spiro atoms. The standard InChI is InChI=1S/C25H25FN6O3/c1-2-35-18-10-11-20(27-15-18)24-30-29-23(32(24)21-8-4-3-7-19(21)26)16-13-17(14-16)28-25(33)22-9-5-6-12-31(22)34/h3-11,15-17,34H,2,12-14H2,1H3,(H,28,33)/t16-,17-. The molecule has 180 valence electrons. The molecular weight excluding hydrogens is 451 g/mol. The van der Waals surface area contributed by atoms with E-state index in [1.807, 2.05) is 6.92 Å². The predicted molar refractivity (Wildman–Crippen MR) is 125 cm³/mol. The van der Waals surface area contributed by atoms with E-state index in [2.05, 4.69) is 20.5 Å². The molecule has 1 saturated carbocycles. The number of aromatic nitrogens is 4. The second kappa shape index (κ2) is 9.67. The number of hydrogen-bond acceptors (Lipinski definition) is 7. The molecular formula is C25H25FN6O3. The Bertz CT molecular complexity index is 1280. The van der Waals surface area contributed by atoms with E-state index >= 15 is 0 Å². The van der Waals surface area contributed by atoms with Crippen LogP contribution >= 0.6 is 0 Å². The SMILES string of the molecule is CCOc1ccc(-c2nnc([C@H]3C[C@H](NC(=O)C4=CC=CCN4O)C3)n2-c2ccccc2F)nc1. The van der Waals surface area contributed by atoms with Gasteiger partial charge < -0.3 is 10.1 Å². The Kier molecular flexibility index (Phi) is 6.28. The molecule has 10 heteroatoms. The maximum Gasteiger partial charge on any atom is 0.270 e. The molecule has 1 amide bonds. The maximum atomic E-state index is 14.9. The van der Waals surface area contributed by atoms with E-state index in [9.17, 15) is 14.4 Å². The van der Waals surface area contributed by atoms with E-state index in [0.717, 1.165) is 5.06 Å². The minimum atomic E-state index is -0.398. The Labute approximate surface area is 201 Å². The fraction of sp³-hybridized carbons (Fsp3) is 0.280. The smallest absolute Gasteiger partial charge is 0.270 e. The number of pyridine rings is 1. The fourth-order valence-electron chi connectivity index (χ4n) is 4.26. The van der Waals surface area contributed by atoms with Crippen LogP contribution in [-0.2, 0) is 4.79 Å². The molecule has 35 heavy (non-hydrogen) atoms. The van der Waals surface area contributed by atoms with Crippen molar-refractivity contribution in [2.75, 3.05) is 13.2 Å². The molecule has 1 aliphatic heterocycles. The molecule has 0 saturated heterocycles. The van der Waals surface area contributed by atoms with Gasteiger partial charge in [-0.2, -0.15) is 0 Å². The van der Waals surface area contributed by atoms with E-state index in [1.54, 1.807) is 59.3 Å². The zero-order valence-corrected chi connectivity index (χ0v) is 19.1. The van der Waals surface area contributed by atoms with Crippen molar-refractivity contribution in [1.29, 1.82) is 0 Å². The highest BCUT2D eigenvalue weighted by molar-refractivity contribution is 5.93. The van der Waals surface area contributed by atoms with Gasteiger partial charge in [0.15, 0.2) is 5.82 Å². The molecule has 0 bridgehead atoms. The number of halogens is 1. The first-order valence-corrected chi connectivity index (χ1v) is 11.5. The predicted octanol–water partition coefficient (Wildman–Crippen LogP) is 3.37. The molecule has 1 fully saturated rings. The molecule has 1 aliphatic carbocycles. The molecule has 9 nitrogen and oxygen atoms in total. The molecule has 0 unspecified atom stereocenters. The van der Waals surface area contributed by atoms with Crippen molar-refractivity contribution in [1.82, 2.24) is 30.1 Å². The zero-order chi connectivity index (χ0) is 24.4. The molecule has 5 rings (SSSR count). The molecule has 0 atom stereocenters. The number of amides is 1. The van der Waals surface area contributed by atoms with Gasteiger partial charge in [-0.25, -0.2) is 14.4 Å². The Balaban J connectivity index is 1.39. The van der Waals surface area contributed by atoms with Crippen molar-refractivity contribution in [3.05, 3.63) is 78.2 Å². The third kappa shape index (κ3) is 4.52. The lowest BCUT2D eigenvalue weighted by Gasteiger charge is -2.36. The third-order valence-corrected chi connectivity index (χ3v) is 6.08. The first-order valence-electron chi connectivity index (χ1n) is 11.5. The lowest BCUT2D eigenvalue weighted by Crippen LogP contribution is -2.46. The van der Waals surface area contributed by atoms with E-state index in [1.165, 1.54) is 6.07 Å². The number of rotatable bonds is 7. The largest absolute Gasteiger partial charge is 0.492 e. The highest BCUT2D eigenvalue weighted by Crippen LogP contribution is 2.39. The topological polar surface area (TPSA) is 105 Å². The molecule has 2 aromatic heterocycles. The van der Waals surface area contributed by atoms with Crippen molar-refractivity contribution in [2.45, 2.75) is 31.7 Å². The average molecular weight is 477 g/mol. The average Bonchev–Trinajstić information content (AvgIpc) is 3.26. The number of carbonyl (C=O) groups is 1. The van der Waals surface area contributed by atoms with E-state index < -0.39 is 5.82 Å². The van der Waals surface area contributed by atoms with Gasteiger partial charge in [0.25, 0.3) is 5.91 Å². The summed E-state index contributed by atoms with van der Waals surface area (Å²) in [4.78, 5) is 17.0. The molecule has 2 aliphatic rings. The van der Waals surface area contributed by atoms with Crippen LogP contribution in [-0.4, -0.2) is 55.1 Å². The number of nitrogens with one attached hydrogen (secondary N) is 1. The van der Waals surface area contributed by atoms with Gasteiger partial charge in [-0.3, -0.25) is 14.6 Å². The van der Waals surface area contributed by atoms with Crippen molar-refractivity contribution in [3.8, 4) is 23.0 Å². The minimum Gasteiger partial charge on any atom is -0.492 e. The normalized spacial score (nSPS) is 19.2. The minimum absolute atomic E-state index is 0.0330. The van der Waals surface area contributed by atoms with Crippen LogP contribution in [0.3, 0.4) is 0 Å². The summed E-state index contributed by atoms with van der Waals surface area (Å²) < 4.78 is 22.0. The van der Waals surface area contributed by atoms with Crippen LogP contribution in [0.5, 0.6) is 5.75 Å². The van der Waals surface area contributed by atoms with Crippen LogP contribution in [0.15, 0.2) is 66.5 Å². The van der Waals surface area contributed by atoms with Crippen molar-refractivity contribution in [2.24, 2.45) is 0 Å². The summed E-state index contributed by atoms with van der Waals surface area (Å²) in [6.07, 6.45) is 7.89. The zero-order valence-electron chi connectivity index (χ0n) is 19.1. The van der Waals surface area contributed by atoms with Crippen molar-refractivity contribution >= 4 is 5.91 Å². The lowest BCUT2D eigenvalue weighted by atomic mass is 9.79. The third-order valence-electron chi connectivity index (χ3n) is 6.08. The maximum absolute atomic E-state index is 14.9. The quantitative estimate of drug-likeness (QED) is 0.539. The number of benzene rings is 1. The highest BCUT2D eigenvalue weighted by Gasteiger charge is 2.37.